The minimum absolute atomic E-state index is 0.0448. The number of carbonyl (C=O) groups is 2. The van der Waals surface area contributed by atoms with Crippen molar-refractivity contribution in [2.24, 2.45) is 0 Å². The number of nitrogens with one attached hydrogen (secondary N) is 1. The third-order valence-corrected chi connectivity index (χ3v) is 4.72. The molecular formula is C19H16F3N5O3. The highest BCUT2D eigenvalue weighted by Gasteiger charge is 2.35. The lowest BCUT2D eigenvalue weighted by atomic mass is 10.1. The van der Waals surface area contributed by atoms with Crippen molar-refractivity contribution in [3.8, 4) is 0 Å². The molecule has 0 fully saturated rings. The number of nitrogens with zero attached hydrogens (tertiary/aromatic N) is 4. The van der Waals surface area contributed by atoms with Crippen LogP contribution in [0.25, 0.3) is 0 Å². The summed E-state index contributed by atoms with van der Waals surface area (Å²) in [6, 6.07) is 5.53. The molecule has 0 radical (unpaired) electrons. The van der Waals surface area contributed by atoms with E-state index in [9.17, 15) is 22.8 Å². The van der Waals surface area contributed by atoms with E-state index in [2.05, 4.69) is 15.6 Å². The van der Waals surface area contributed by atoms with E-state index >= 15 is 0 Å². The molecule has 2 aromatic heterocycles. The predicted octanol–water partition coefficient (Wildman–Crippen LogP) is 3.67. The van der Waals surface area contributed by atoms with E-state index in [1.807, 2.05) is 6.92 Å². The van der Waals surface area contributed by atoms with Crippen molar-refractivity contribution >= 4 is 23.2 Å². The van der Waals surface area contributed by atoms with Gasteiger partial charge in [-0.05, 0) is 38.1 Å². The van der Waals surface area contributed by atoms with Gasteiger partial charge in [0.25, 0.3) is 11.8 Å². The van der Waals surface area contributed by atoms with Crippen LogP contribution < -0.4 is 10.2 Å². The lowest BCUT2D eigenvalue weighted by Crippen LogP contribution is -2.43. The van der Waals surface area contributed by atoms with Gasteiger partial charge in [0.05, 0.1) is 23.5 Å². The molecule has 8 nitrogen and oxygen atoms in total. The van der Waals surface area contributed by atoms with Gasteiger partial charge in [0.1, 0.15) is 5.76 Å². The van der Waals surface area contributed by atoms with Crippen LogP contribution in [0.15, 0.2) is 41.1 Å². The molecule has 0 spiro atoms. The minimum atomic E-state index is -4.47. The van der Waals surface area contributed by atoms with Crippen molar-refractivity contribution in [2.75, 3.05) is 16.8 Å². The maximum atomic E-state index is 13.1. The Labute approximate surface area is 168 Å². The van der Waals surface area contributed by atoms with Crippen LogP contribution in [0.1, 0.15) is 45.3 Å². The first-order valence-electron chi connectivity index (χ1n) is 8.96. The highest BCUT2D eigenvalue weighted by molar-refractivity contribution is 6.12. The molecule has 156 valence electrons. The van der Waals surface area contributed by atoms with Gasteiger partial charge >= 0.3 is 6.18 Å². The summed E-state index contributed by atoms with van der Waals surface area (Å²) in [5.41, 5.74) is -0.138. The topological polar surface area (TPSA) is 93.3 Å². The highest BCUT2D eigenvalue weighted by atomic mass is 19.4. The summed E-state index contributed by atoms with van der Waals surface area (Å²) < 4.78 is 44.8. The van der Waals surface area contributed by atoms with Gasteiger partial charge in [0, 0.05) is 18.3 Å². The number of aromatic nitrogens is 3. The zero-order valence-electron chi connectivity index (χ0n) is 15.9. The van der Waals surface area contributed by atoms with Gasteiger partial charge in [-0.25, -0.2) is 0 Å². The Bertz CT molecular complexity index is 1120. The average molecular weight is 419 g/mol. The van der Waals surface area contributed by atoms with Crippen LogP contribution in [0.3, 0.4) is 0 Å². The number of rotatable bonds is 3. The van der Waals surface area contributed by atoms with Gasteiger partial charge in [-0.15, -0.1) is 0 Å². The Balaban J connectivity index is 1.63. The van der Waals surface area contributed by atoms with Gasteiger partial charge in [-0.3, -0.25) is 14.3 Å². The molecule has 30 heavy (non-hydrogen) atoms. The number of hydrogen-bond donors (Lipinski definition) is 1. The highest BCUT2D eigenvalue weighted by Crippen LogP contribution is 2.33. The SMILES string of the molecule is Cc1cc(C(=O)Nc2cnn3c2C(=O)N(c2ccc(C(F)(F)F)cc2)C[C@@H]3C)no1. The summed E-state index contributed by atoms with van der Waals surface area (Å²) >= 11 is 0. The Morgan fingerprint density at radius 3 is 2.57 bits per heavy atom. The second-order valence-electron chi connectivity index (χ2n) is 6.94. The van der Waals surface area contributed by atoms with E-state index in [1.54, 1.807) is 6.92 Å². The number of hydrogen-bond acceptors (Lipinski definition) is 5. The van der Waals surface area contributed by atoms with E-state index in [-0.39, 0.29) is 29.7 Å². The second-order valence-corrected chi connectivity index (χ2v) is 6.94. The first-order chi connectivity index (χ1) is 14.1. The van der Waals surface area contributed by atoms with Gasteiger partial charge in [-0.2, -0.15) is 18.3 Å². The third kappa shape index (κ3) is 3.42. The smallest absolute Gasteiger partial charge is 0.361 e. The van der Waals surface area contributed by atoms with E-state index in [0.717, 1.165) is 12.1 Å². The molecule has 1 aliphatic rings. The van der Waals surface area contributed by atoms with Crippen LogP contribution in [-0.4, -0.2) is 33.3 Å². The molecule has 0 bridgehead atoms. The quantitative estimate of drug-likeness (QED) is 0.699. The van der Waals surface area contributed by atoms with Crippen molar-refractivity contribution in [3.63, 3.8) is 0 Å². The minimum Gasteiger partial charge on any atom is -0.361 e. The number of benzene rings is 1. The van der Waals surface area contributed by atoms with Crippen molar-refractivity contribution in [2.45, 2.75) is 26.1 Å². The number of fused-ring (bicyclic) bond motifs is 1. The zero-order chi connectivity index (χ0) is 21.6. The van der Waals surface area contributed by atoms with Gasteiger partial charge in [0.15, 0.2) is 11.4 Å². The Kier molecular flexibility index (Phi) is 4.60. The van der Waals surface area contributed by atoms with Gasteiger partial charge in [0.2, 0.25) is 0 Å². The number of aryl methyl sites for hydroxylation is 1. The van der Waals surface area contributed by atoms with Crippen LogP contribution in [-0.2, 0) is 6.18 Å². The Morgan fingerprint density at radius 1 is 1.27 bits per heavy atom. The van der Waals surface area contributed by atoms with Crippen molar-refractivity contribution in [1.82, 2.24) is 14.9 Å². The lowest BCUT2D eigenvalue weighted by Gasteiger charge is -2.32. The van der Waals surface area contributed by atoms with Crippen molar-refractivity contribution in [1.29, 1.82) is 0 Å². The normalized spacial score (nSPS) is 16.5. The molecule has 0 saturated carbocycles. The van der Waals surface area contributed by atoms with Crippen LogP contribution in [0, 0.1) is 6.92 Å². The lowest BCUT2D eigenvalue weighted by molar-refractivity contribution is -0.137. The zero-order valence-corrected chi connectivity index (χ0v) is 15.9. The molecule has 3 heterocycles. The van der Waals surface area contributed by atoms with Crippen molar-refractivity contribution in [3.05, 3.63) is 59.2 Å². The Hall–Kier alpha value is -3.63. The molecule has 1 N–H and O–H groups in total. The molecule has 2 amide bonds. The summed E-state index contributed by atoms with van der Waals surface area (Å²) in [7, 11) is 0. The van der Waals surface area contributed by atoms with Crippen LogP contribution >= 0.6 is 0 Å². The van der Waals surface area contributed by atoms with E-state index in [0.29, 0.717) is 11.4 Å². The fourth-order valence-corrected chi connectivity index (χ4v) is 3.27. The number of anilines is 2. The fraction of sp³-hybridized carbons (Fsp3) is 0.263. The Morgan fingerprint density at radius 2 is 1.97 bits per heavy atom. The largest absolute Gasteiger partial charge is 0.416 e. The van der Waals surface area contributed by atoms with Crippen LogP contribution in [0.4, 0.5) is 24.5 Å². The molecule has 4 rings (SSSR count). The molecule has 3 aromatic rings. The molecule has 11 heteroatoms. The number of amides is 2. The maximum absolute atomic E-state index is 13.1. The fourth-order valence-electron chi connectivity index (χ4n) is 3.27. The van der Waals surface area contributed by atoms with Crippen molar-refractivity contribution < 1.29 is 27.3 Å². The summed E-state index contributed by atoms with van der Waals surface area (Å²) in [6.45, 7) is 3.67. The van der Waals surface area contributed by atoms with E-state index in [4.69, 9.17) is 4.52 Å². The maximum Gasteiger partial charge on any atom is 0.416 e. The third-order valence-electron chi connectivity index (χ3n) is 4.72. The molecule has 1 atom stereocenters. The average Bonchev–Trinajstić information content (AvgIpc) is 3.31. The van der Waals surface area contributed by atoms with E-state index < -0.39 is 23.6 Å². The molecule has 1 aromatic carbocycles. The molecule has 0 unspecified atom stereocenters. The second kappa shape index (κ2) is 7.01. The summed E-state index contributed by atoms with van der Waals surface area (Å²) in [5.74, 6) is -0.609. The summed E-state index contributed by atoms with van der Waals surface area (Å²) in [6.07, 6.45) is -3.11. The number of alkyl halides is 3. The molecule has 0 aliphatic carbocycles. The standard InChI is InChI=1S/C19H16F3N5O3/c1-10-9-26(13-5-3-12(4-6-13)19(20,21)22)18(29)16-15(8-23-27(10)16)24-17(28)14-7-11(2)30-25-14/h3-8,10H,9H2,1-2H3,(H,24,28)/t10-/m0/s1. The number of halogens is 3. The summed E-state index contributed by atoms with van der Waals surface area (Å²) in [5, 5.41) is 10.4. The number of carbonyl (C=O) groups excluding carboxylic acids is 2. The van der Waals surface area contributed by atoms with Gasteiger partial charge in [-0.1, -0.05) is 5.16 Å². The first-order valence-corrected chi connectivity index (χ1v) is 8.96. The molecular weight excluding hydrogens is 403 g/mol. The van der Waals surface area contributed by atoms with E-state index in [1.165, 1.54) is 34.0 Å². The monoisotopic (exact) mass is 419 g/mol. The first kappa shape index (κ1) is 19.7. The van der Waals surface area contributed by atoms with Crippen LogP contribution in [0.2, 0.25) is 0 Å². The van der Waals surface area contributed by atoms with Gasteiger partial charge < -0.3 is 14.7 Å². The van der Waals surface area contributed by atoms with Crippen LogP contribution in [0.5, 0.6) is 0 Å². The summed E-state index contributed by atoms with van der Waals surface area (Å²) in [4.78, 5) is 26.8. The molecule has 1 aliphatic heterocycles. The molecule has 0 saturated heterocycles. The predicted molar refractivity (Wildman–Crippen MR) is 99.3 cm³/mol.